The lowest BCUT2D eigenvalue weighted by atomic mass is 9.91. The van der Waals surface area contributed by atoms with E-state index in [2.05, 4.69) is 277 Å². The molecule has 2 heterocycles. The van der Waals surface area contributed by atoms with E-state index >= 15 is 0 Å². The van der Waals surface area contributed by atoms with Gasteiger partial charge < -0.3 is 18.6 Å². The minimum absolute atomic E-state index is 0.854. The number of anilines is 6. The zero-order valence-corrected chi connectivity index (χ0v) is 41.1. The molecule has 16 aromatic rings. The van der Waals surface area contributed by atoms with E-state index in [1.54, 1.807) is 0 Å². The molecule has 0 N–H and O–H groups in total. The Hall–Kier alpha value is -10.2. The van der Waals surface area contributed by atoms with Crippen LogP contribution in [0.4, 0.5) is 34.1 Å². The molecule has 0 saturated carbocycles. The Morgan fingerprint density at radius 1 is 0.224 bits per heavy atom. The van der Waals surface area contributed by atoms with Crippen LogP contribution in [0, 0.1) is 0 Å². The Balaban J connectivity index is 0.911. The summed E-state index contributed by atoms with van der Waals surface area (Å²) in [5.41, 5.74) is 12.0. The predicted octanol–water partition coefficient (Wildman–Crippen LogP) is 21.0. The van der Waals surface area contributed by atoms with Crippen molar-refractivity contribution in [3.63, 3.8) is 0 Å². The second-order valence-electron chi connectivity index (χ2n) is 19.9. The van der Waals surface area contributed by atoms with Gasteiger partial charge in [0.1, 0.15) is 16.7 Å². The predicted molar refractivity (Wildman–Crippen MR) is 321 cm³/mol. The van der Waals surface area contributed by atoms with Crippen molar-refractivity contribution < 1.29 is 8.83 Å². The Labute approximate surface area is 437 Å². The van der Waals surface area contributed by atoms with E-state index in [1.165, 1.54) is 26.9 Å². The van der Waals surface area contributed by atoms with Crippen LogP contribution in [0.15, 0.2) is 276 Å². The van der Waals surface area contributed by atoms with Crippen LogP contribution in [0.2, 0.25) is 0 Å². The third-order valence-corrected chi connectivity index (χ3v) is 15.8. The van der Waals surface area contributed by atoms with Crippen LogP contribution in [-0.4, -0.2) is 0 Å². The van der Waals surface area contributed by atoms with Crippen LogP contribution in [0.25, 0.3) is 120 Å². The lowest BCUT2D eigenvalue weighted by Crippen LogP contribution is -2.11. The fraction of sp³-hybridized carbons (Fsp3) is 0. The van der Waals surface area contributed by atoms with Crippen molar-refractivity contribution in [3.05, 3.63) is 267 Å². The number of furan rings is 2. The van der Waals surface area contributed by atoms with Crippen molar-refractivity contribution in [2.75, 3.05) is 9.80 Å². The summed E-state index contributed by atoms with van der Waals surface area (Å²) in [4.78, 5) is 4.82. The van der Waals surface area contributed by atoms with Crippen molar-refractivity contribution in [2.24, 2.45) is 0 Å². The Morgan fingerprint density at radius 3 is 1.17 bits per heavy atom. The molecule has 16 rings (SSSR count). The number of hydrogen-bond donors (Lipinski definition) is 0. The second-order valence-corrected chi connectivity index (χ2v) is 19.9. The fourth-order valence-electron chi connectivity index (χ4n) is 12.5. The third-order valence-electron chi connectivity index (χ3n) is 15.8. The summed E-state index contributed by atoms with van der Waals surface area (Å²) in [7, 11) is 0. The van der Waals surface area contributed by atoms with Crippen molar-refractivity contribution in [1.29, 1.82) is 0 Å². The number of nitrogens with zero attached hydrogens (tertiary/aromatic N) is 2. The summed E-state index contributed by atoms with van der Waals surface area (Å²) in [6.07, 6.45) is 0. The van der Waals surface area contributed by atoms with Crippen LogP contribution in [-0.2, 0) is 0 Å². The minimum Gasteiger partial charge on any atom is -0.456 e. The van der Waals surface area contributed by atoms with Crippen molar-refractivity contribution >= 4 is 143 Å². The molecule has 2 aromatic heterocycles. The smallest absolute Gasteiger partial charge is 0.160 e. The molecule has 0 aliphatic heterocycles. The number of fused-ring (bicyclic) bond motifs is 16. The largest absolute Gasteiger partial charge is 0.456 e. The third kappa shape index (κ3) is 6.31. The van der Waals surface area contributed by atoms with Gasteiger partial charge in [0, 0.05) is 55.1 Å². The maximum Gasteiger partial charge on any atom is 0.160 e. The van der Waals surface area contributed by atoms with E-state index in [4.69, 9.17) is 8.83 Å². The maximum absolute atomic E-state index is 7.09. The second kappa shape index (κ2) is 16.7. The van der Waals surface area contributed by atoms with Gasteiger partial charge in [-0.1, -0.05) is 206 Å². The number of benzene rings is 14. The highest BCUT2D eigenvalue weighted by Crippen LogP contribution is 2.52. The molecule has 0 fully saturated rings. The molecule has 14 aromatic carbocycles. The quantitative estimate of drug-likeness (QED) is 0.159. The monoisotopic (exact) mass is 968 g/mol. The van der Waals surface area contributed by atoms with Crippen LogP contribution in [0.1, 0.15) is 0 Å². The molecule has 0 unspecified atom stereocenters. The fourth-order valence-corrected chi connectivity index (χ4v) is 12.5. The number of rotatable bonds is 7. The molecular weight excluding hydrogens is 925 g/mol. The molecule has 76 heavy (non-hydrogen) atoms. The van der Waals surface area contributed by atoms with Crippen LogP contribution < -0.4 is 9.80 Å². The molecule has 0 amide bonds. The van der Waals surface area contributed by atoms with Gasteiger partial charge in [0.25, 0.3) is 0 Å². The summed E-state index contributed by atoms with van der Waals surface area (Å²) < 4.78 is 13.9. The van der Waals surface area contributed by atoms with Crippen molar-refractivity contribution in [3.8, 4) is 11.1 Å². The molecule has 0 radical (unpaired) electrons. The van der Waals surface area contributed by atoms with E-state index < -0.39 is 0 Å². The lowest BCUT2D eigenvalue weighted by Gasteiger charge is -2.29. The highest BCUT2D eigenvalue weighted by atomic mass is 16.3. The first-order valence-electron chi connectivity index (χ1n) is 26.0. The standard InChI is InChI=1S/C72H44N2O2/c1-3-22-48(23-4-1)73(63-44-67-70(60-34-18-17-33-59(60)63)68-50-26-10-7-19-45(50)35-41-65(68)75-67)61-39-37-55(53-29-13-15-31-57(53)61)56-38-40-62(58-32-16-14-30-54(56)58)74(49-24-5-2-6-25-49)64-43-47-21-9-12-28-52(47)71-69-51-27-11-8-20-46(51)36-42-66(69)76-72(64)71/h1-44H. The number of para-hydroxylation sites is 2. The normalized spacial score (nSPS) is 11.9. The van der Waals surface area contributed by atoms with Gasteiger partial charge in [0.2, 0.25) is 0 Å². The topological polar surface area (TPSA) is 32.8 Å². The Morgan fingerprint density at radius 2 is 0.618 bits per heavy atom. The van der Waals surface area contributed by atoms with Gasteiger partial charge in [0.05, 0.1) is 22.7 Å². The van der Waals surface area contributed by atoms with E-state index in [-0.39, 0.29) is 0 Å². The SMILES string of the molecule is c1ccc(N(c2ccc(-c3ccc(N(c4ccccc4)c4cc5ccccc5c5c4oc4ccc6ccccc6c45)c4ccccc34)c3ccccc23)c2cc3oc4ccc5ccccc5c4c3c3ccccc23)cc1. The molecule has 0 atom stereocenters. The molecule has 0 spiro atoms. The highest BCUT2D eigenvalue weighted by Gasteiger charge is 2.27. The van der Waals surface area contributed by atoms with Gasteiger partial charge in [-0.05, 0) is 114 Å². The highest BCUT2D eigenvalue weighted by molar-refractivity contribution is 6.31. The first kappa shape index (κ1) is 42.4. The minimum atomic E-state index is 0.854. The summed E-state index contributed by atoms with van der Waals surface area (Å²) in [5, 5.41) is 18.5. The van der Waals surface area contributed by atoms with Crippen LogP contribution in [0.3, 0.4) is 0 Å². The van der Waals surface area contributed by atoms with Gasteiger partial charge >= 0.3 is 0 Å². The maximum atomic E-state index is 7.09. The zero-order valence-electron chi connectivity index (χ0n) is 41.1. The van der Waals surface area contributed by atoms with Gasteiger partial charge in [-0.3, -0.25) is 0 Å². The molecule has 0 aliphatic rings. The van der Waals surface area contributed by atoms with Gasteiger partial charge in [-0.15, -0.1) is 0 Å². The summed E-state index contributed by atoms with van der Waals surface area (Å²) in [6, 6.07) is 96.4. The van der Waals surface area contributed by atoms with E-state index in [0.29, 0.717) is 0 Å². The van der Waals surface area contributed by atoms with Gasteiger partial charge in [0.15, 0.2) is 5.58 Å². The van der Waals surface area contributed by atoms with Crippen LogP contribution in [0.5, 0.6) is 0 Å². The van der Waals surface area contributed by atoms with Gasteiger partial charge in [-0.2, -0.15) is 0 Å². The first-order chi connectivity index (χ1) is 37.7. The van der Waals surface area contributed by atoms with Gasteiger partial charge in [-0.25, -0.2) is 0 Å². The molecule has 0 bridgehead atoms. The number of hydrogen-bond acceptors (Lipinski definition) is 4. The summed E-state index contributed by atoms with van der Waals surface area (Å²) in [5.74, 6) is 0. The molecular formula is C72H44N2O2. The Kier molecular flexibility index (Phi) is 9.30. The van der Waals surface area contributed by atoms with E-state index in [9.17, 15) is 0 Å². The van der Waals surface area contributed by atoms with E-state index in [0.717, 1.165) is 127 Å². The molecule has 4 nitrogen and oxygen atoms in total. The van der Waals surface area contributed by atoms with Crippen LogP contribution >= 0.6 is 0 Å². The molecule has 0 saturated heterocycles. The lowest BCUT2D eigenvalue weighted by molar-refractivity contribution is 0.669. The zero-order chi connectivity index (χ0) is 49.8. The summed E-state index contributed by atoms with van der Waals surface area (Å²) >= 11 is 0. The molecule has 354 valence electrons. The van der Waals surface area contributed by atoms with Crippen molar-refractivity contribution in [2.45, 2.75) is 0 Å². The van der Waals surface area contributed by atoms with E-state index in [1.807, 2.05) is 0 Å². The molecule has 0 aliphatic carbocycles. The van der Waals surface area contributed by atoms with Crippen molar-refractivity contribution in [1.82, 2.24) is 0 Å². The average Bonchev–Trinajstić information content (AvgIpc) is 4.15. The first-order valence-corrected chi connectivity index (χ1v) is 26.0. The Bertz CT molecular complexity index is 5020. The molecule has 4 heteroatoms. The average molecular weight is 969 g/mol. The summed E-state index contributed by atoms with van der Waals surface area (Å²) in [6.45, 7) is 0.